The Bertz CT molecular complexity index is 1080. The van der Waals surface area contributed by atoms with Crippen LogP contribution in [0, 0.1) is 13.8 Å². The average molecular weight is 440 g/mol. The van der Waals surface area contributed by atoms with E-state index in [0.717, 1.165) is 42.4 Å². The molecular formula is C25H29NO4S. The number of ether oxygens (including phenoxy) is 1. The number of nitrogens with zero attached hydrogens (tertiary/aromatic N) is 1. The average Bonchev–Trinajstić information content (AvgIpc) is 3.21. The SMILES string of the molecule is Cc1ccc(S(=O)(=O)N2CC=C(C(=O)OC3CCCCC3)[C@H]2c2ccccc2C)cc1. The van der Waals surface area contributed by atoms with E-state index < -0.39 is 22.0 Å². The lowest BCUT2D eigenvalue weighted by Gasteiger charge is -2.29. The highest BCUT2D eigenvalue weighted by Gasteiger charge is 2.42. The molecule has 5 nitrogen and oxygen atoms in total. The van der Waals surface area contributed by atoms with E-state index in [1.165, 1.54) is 10.7 Å². The van der Waals surface area contributed by atoms with Gasteiger partial charge in [0.15, 0.2) is 0 Å². The molecule has 4 rings (SSSR count). The molecule has 0 radical (unpaired) electrons. The van der Waals surface area contributed by atoms with Crippen LogP contribution in [0.25, 0.3) is 0 Å². The smallest absolute Gasteiger partial charge is 0.336 e. The van der Waals surface area contributed by atoms with Gasteiger partial charge >= 0.3 is 5.97 Å². The Morgan fingerprint density at radius 2 is 1.65 bits per heavy atom. The first-order chi connectivity index (χ1) is 14.9. The molecule has 0 spiro atoms. The van der Waals surface area contributed by atoms with Crippen LogP contribution in [0.4, 0.5) is 0 Å². The van der Waals surface area contributed by atoms with Gasteiger partial charge < -0.3 is 4.74 Å². The van der Waals surface area contributed by atoms with Crippen LogP contribution in [0.2, 0.25) is 0 Å². The zero-order valence-corrected chi connectivity index (χ0v) is 18.9. The lowest BCUT2D eigenvalue weighted by molar-refractivity contribution is -0.146. The van der Waals surface area contributed by atoms with Crippen molar-refractivity contribution in [3.8, 4) is 0 Å². The Labute approximate surface area is 184 Å². The quantitative estimate of drug-likeness (QED) is 0.625. The van der Waals surface area contributed by atoms with Gasteiger partial charge in [0.25, 0.3) is 0 Å². The maximum absolute atomic E-state index is 13.5. The minimum atomic E-state index is -3.80. The number of rotatable bonds is 5. The second kappa shape index (κ2) is 8.97. The van der Waals surface area contributed by atoms with Crippen LogP contribution in [0.1, 0.15) is 54.8 Å². The highest BCUT2D eigenvalue weighted by atomic mass is 32.2. The van der Waals surface area contributed by atoms with Crippen molar-refractivity contribution in [1.29, 1.82) is 0 Å². The Morgan fingerprint density at radius 1 is 0.968 bits per heavy atom. The van der Waals surface area contributed by atoms with Gasteiger partial charge in [0.1, 0.15) is 6.10 Å². The lowest BCUT2D eigenvalue weighted by atomic mass is 9.95. The van der Waals surface area contributed by atoms with E-state index in [-0.39, 0.29) is 17.5 Å². The summed E-state index contributed by atoms with van der Waals surface area (Å²) in [6.45, 7) is 4.00. The van der Waals surface area contributed by atoms with Crippen LogP contribution in [-0.4, -0.2) is 31.3 Å². The molecule has 2 aliphatic rings. The van der Waals surface area contributed by atoms with Gasteiger partial charge in [-0.15, -0.1) is 0 Å². The van der Waals surface area contributed by atoms with E-state index in [1.807, 2.05) is 38.1 Å². The van der Waals surface area contributed by atoms with Crippen molar-refractivity contribution in [2.45, 2.75) is 63.0 Å². The highest BCUT2D eigenvalue weighted by Crippen LogP contribution is 2.40. The second-order valence-corrected chi connectivity index (χ2v) is 10.4. The molecule has 1 atom stereocenters. The van der Waals surface area contributed by atoms with Crippen molar-refractivity contribution in [1.82, 2.24) is 4.31 Å². The lowest BCUT2D eigenvalue weighted by Crippen LogP contribution is -2.34. The van der Waals surface area contributed by atoms with Gasteiger partial charge in [-0.3, -0.25) is 0 Å². The minimum absolute atomic E-state index is 0.0811. The van der Waals surface area contributed by atoms with Crippen molar-refractivity contribution in [3.63, 3.8) is 0 Å². The molecule has 31 heavy (non-hydrogen) atoms. The molecule has 1 fully saturated rings. The first-order valence-corrected chi connectivity index (χ1v) is 12.4. The summed E-state index contributed by atoms with van der Waals surface area (Å²) in [5, 5.41) is 0. The standard InChI is InChI=1S/C25H29NO4S/c1-18-12-14-21(15-13-18)31(28,29)26-17-16-23(24(26)22-11-7-6-8-19(22)2)25(27)30-20-9-4-3-5-10-20/h6-8,11-16,20,24H,3-5,9-10,17H2,1-2H3/t24-/m1/s1. The molecular weight excluding hydrogens is 410 g/mol. The van der Waals surface area contributed by atoms with Gasteiger partial charge in [-0.05, 0) is 62.8 Å². The molecule has 0 N–H and O–H groups in total. The molecule has 164 valence electrons. The van der Waals surface area contributed by atoms with Crippen LogP contribution in [0.3, 0.4) is 0 Å². The van der Waals surface area contributed by atoms with Crippen molar-refractivity contribution in [2.75, 3.05) is 6.54 Å². The number of aryl methyl sites for hydroxylation is 2. The monoisotopic (exact) mass is 439 g/mol. The normalized spacial score (nSPS) is 20.5. The summed E-state index contributed by atoms with van der Waals surface area (Å²) in [6, 6.07) is 13.8. The molecule has 1 aliphatic carbocycles. The predicted molar refractivity (Wildman–Crippen MR) is 120 cm³/mol. The molecule has 6 heteroatoms. The van der Waals surface area contributed by atoms with Crippen LogP contribution in [0.5, 0.6) is 0 Å². The largest absolute Gasteiger partial charge is 0.459 e. The summed E-state index contributed by atoms with van der Waals surface area (Å²) in [4.78, 5) is 13.4. The third-order valence-electron chi connectivity index (χ3n) is 6.25. The molecule has 1 saturated carbocycles. The van der Waals surface area contributed by atoms with Crippen LogP contribution >= 0.6 is 0 Å². The molecule has 1 heterocycles. The van der Waals surface area contributed by atoms with Crippen molar-refractivity contribution in [3.05, 3.63) is 76.9 Å². The Hall–Kier alpha value is -2.44. The molecule has 0 aromatic heterocycles. The molecule has 0 amide bonds. The van der Waals surface area contributed by atoms with Crippen LogP contribution in [-0.2, 0) is 19.6 Å². The second-order valence-electron chi connectivity index (χ2n) is 8.47. The topological polar surface area (TPSA) is 63.7 Å². The highest BCUT2D eigenvalue weighted by molar-refractivity contribution is 7.89. The third-order valence-corrected chi connectivity index (χ3v) is 8.09. The summed E-state index contributed by atoms with van der Waals surface area (Å²) in [6.07, 6.45) is 6.68. The Kier molecular flexibility index (Phi) is 6.30. The van der Waals surface area contributed by atoms with Crippen molar-refractivity contribution in [2.24, 2.45) is 0 Å². The maximum Gasteiger partial charge on any atom is 0.336 e. The number of sulfonamides is 1. The van der Waals surface area contributed by atoms with E-state index in [1.54, 1.807) is 30.3 Å². The first-order valence-electron chi connectivity index (χ1n) is 10.9. The van der Waals surface area contributed by atoms with Crippen molar-refractivity contribution >= 4 is 16.0 Å². The van der Waals surface area contributed by atoms with Gasteiger partial charge in [0.2, 0.25) is 10.0 Å². The van der Waals surface area contributed by atoms with Crippen LogP contribution < -0.4 is 0 Å². The number of hydrogen-bond acceptors (Lipinski definition) is 4. The fraction of sp³-hybridized carbons (Fsp3) is 0.400. The molecule has 2 aromatic rings. The summed E-state index contributed by atoms with van der Waals surface area (Å²) in [5.41, 5.74) is 3.15. The number of hydrogen-bond donors (Lipinski definition) is 0. The van der Waals surface area contributed by atoms with Gasteiger partial charge in [-0.2, -0.15) is 4.31 Å². The fourth-order valence-corrected chi connectivity index (χ4v) is 5.98. The summed E-state index contributed by atoms with van der Waals surface area (Å²) < 4.78 is 34.3. The molecule has 0 unspecified atom stereocenters. The Morgan fingerprint density at radius 3 is 2.32 bits per heavy atom. The van der Waals surface area contributed by atoms with Crippen molar-refractivity contribution < 1.29 is 17.9 Å². The van der Waals surface area contributed by atoms with Gasteiger partial charge in [-0.1, -0.05) is 54.5 Å². The van der Waals surface area contributed by atoms with Gasteiger partial charge in [0.05, 0.1) is 16.5 Å². The van der Waals surface area contributed by atoms with E-state index >= 15 is 0 Å². The number of esters is 1. The minimum Gasteiger partial charge on any atom is -0.459 e. The molecule has 1 aliphatic heterocycles. The predicted octanol–water partition coefficient (Wildman–Crippen LogP) is 4.85. The molecule has 2 aromatic carbocycles. The summed E-state index contributed by atoms with van der Waals surface area (Å²) >= 11 is 0. The van der Waals surface area contributed by atoms with Gasteiger partial charge in [0, 0.05) is 6.54 Å². The fourth-order valence-electron chi connectivity index (χ4n) is 4.46. The summed E-state index contributed by atoms with van der Waals surface area (Å²) in [7, 11) is -3.80. The zero-order chi connectivity index (χ0) is 22.0. The number of carbonyl (C=O) groups excluding carboxylic acids is 1. The Balaban J connectivity index is 1.69. The van der Waals surface area contributed by atoms with E-state index in [4.69, 9.17) is 4.74 Å². The first kappa shape index (κ1) is 21.8. The van der Waals surface area contributed by atoms with Crippen LogP contribution in [0.15, 0.2) is 65.1 Å². The van der Waals surface area contributed by atoms with Gasteiger partial charge in [-0.25, -0.2) is 13.2 Å². The number of benzene rings is 2. The number of carbonyl (C=O) groups is 1. The van der Waals surface area contributed by atoms with E-state index in [0.29, 0.717) is 5.57 Å². The van der Waals surface area contributed by atoms with E-state index in [2.05, 4.69) is 0 Å². The zero-order valence-electron chi connectivity index (χ0n) is 18.1. The molecule has 0 bridgehead atoms. The summed E-state index contributed by atoms with van der Waals surface area (Å²) in [5.74, 6) is -0.401. The van der Waals surface area contributed by atoms with E-state index in [9.17, 15) is 13.2 Å². The third kappa shape index (κ3) is 4.46. The maximum atomic E-state index is 13.5. The molecule has 0 saturated heterocycles.